The van der Waals surface area contributed by atoms with E-state index in [9.17, 15) is 15.0 Å². The van der Waals surface area contributed by atoms with E-state index >= 15 is 0 Å². The fourth-order valence-electron chi connectivity index (χ4n) is 3.36. The van der Waals surface area contributed by atoms with Crippen molar-refractivity contribution < 1.29 is 15.0 Å². The Morgan fingerprint density at radius 1 is 1.19 bits per heavy atom. The van der Waals surface area contributed by atoms with Crippen LogP contribution in [0.25, 0.3) is 22.2 Å². The summed E-state index contributed by atoms with van der Waals surface area (Å²) >= 11 is 6.69. The van der Waals surface area contributed by atoms with Crippen LogP contribution in [0.15, 0.2) is 60.8 Å². The topological polar surface area (TPSA) is 112 Å². The molecule has 4 rings (SSSR count). The van der Waals surface area contributed by atoms with Gasteiger partial charge in [-0.3, -0.25) is 4.68 Å². The van der Waals surface area contributed by atoms with Gasteiger partial charge in [-0.2, -0.15) is 5.10 Å². The average Bonchev–Trinajstić information content (AvgIpc) is 3.10. The maximum atomic E-state index is 11.5. The van der Waals surface area contributed by atoms with E-state index < -0.39 is 18.1 Å². The highest BCUT2D eigenvalue weighted by molar-refractivity contribution is 6.36. The van der Waals surface area contributed by atoms with Gasteiger partial charge in [0, 0.05) is 12.6 Å². The van der Waals surface area contributed by atoms with Crippen LogP contribution in [0.5, 0.6) is 0 Å². The lowest BCUT2D eigenvalue weighted by atomic mass is 10.0. The fraction of sp³-hybridized carbons (Fsp3) is 0.174. The van der Waals surface area contributed by atoms with Crippen LogP contribution in [-0.2, 0) is 11.8 Å². The van der Waals surface area contributed by atoms with E-state index in [0.29, 0.717) is 33.2 Å². The van der Waals surface area contributed by atoms with Crippen molar-refractivity contribution in [1.82, 2.24) is 14.8 Å². The molecule has 2 heterocycles. The summed E-state index contributed by atoms with van der Waals surface area (Å²) in [4.78, 5) is 15.9. The molecule has 8 nitrogen and oxygen atoms in total. The second-order valence-electron chi connectivity index (χ2n) is 7.64. The van der Waals surface area contributed by atoms with Gasteiger partial charge in [-0.1, -0.05) is 54.1 Å². The first kappa shape index (κ1) is 21.6. The molecule has 0 saturated carbocycles. The number of hydrogen-bond acceptors (Lipinski definition) is 6. The number of nitrogens with one attached hydrogen (secondary N) is 2. The zero-order valence-electron chi connectivity index (χ0n) is 17.5. The molecule has 0 spiro atoms. The summed E-state index contributed by atoms with van der Waals surface area (Å²) in [6.07, 6.45) is 1.51. The number of nitrogens with zero attached hydrogens (tertiary/aromatic N) is 3. The van der Waals surface area contributed by atoms with Crippen LogP contribution in [0.1, 0.15) is 6.92 Å². The van der Waals surface area contributed by atoms with Gasteiger partial charge in [0.05, 0.1) is 34.7 Å². The number of carbonyl (C=O) groups is 1. The summed E-state index contributed by atoms with van der Waals surface area (Å²) < 4.78 is 1.64. The number of hydrogen-bond donors (Lipinski definition) is 4. The maximum Gasteiger partial charge on any atom is 0.331 e. The van der Waals surface area contributed by atoms with Crippen LogP contribution in [0.2, 0.25) is 5.02 Å². The number of carboxylic acids is 1. The van der Waals surface area contributed by atoms with E-state index in [-0.39, 0.29) is 0 Å². The number of fused-ring (bicyclic) bond motifs is 1. The number of pyridine rings is 1. The molecule has 0 saturated heterocycles. The molecule has 4 N–H and O–H groups in total. The zero-order valence-corrected chi connectivity index (χ0v) is 18.3. The third-order valence-corrected chi connectivity index (χ3v) is 5.64. The molecule has 32 heavy (non-hydrogen) atoms. The number of aryl methyl sites for hydroxylation is 1. The summed E-state index contributed by atoms with van der Waals surface area (Å²) in [7, 11) is 1.77. The molecule has 1 atom stereocenters. The van der Waals surface area contributed by atoms with E-state index in [4.69, 9.17) is 11.6 Å². The van der Waals surface area contributed by atoms with Gasteiger partial charge in [0.15, 0.2) is 11.4 Å². The Hall–Kier alpha value is -3.62. The van der Waals surface area contributed by atoms with Gasteiger partial charge in [-0.15, -0.1) is 0 Å². The SMILES string of the molecule is Cn1nc(Nc2cccc(-c3ccccc3)c2Cl)c2ncc(NC(C)(CO)C(=O)O)cc21. The van der Waals surface area contributed by atoms with E-state index in [1.807, 2.05) is 48.5 Å². The molecule has 1 unspecified atom stereocenters. The Morgan fingerprint density at radius 3 is 2.62 bits per heavy atom. The van der Waals surface area contributed by atoms with Crippen LogP contribution < -0.4 is 10.6 Å². The lowest BCUT2D eigenvalue weighted by Crippen LogP contribution is -2.46. The summed E-state index contributed by atoms with van der Waals surface area (Å²) in [5.41, 5.74) is 2.80. The second kappa shape index (κ2) is 8.49. The van der Waals surface area contributed by atoms with Gasteiger partial charge >= 0.3 is 5.97 Å². The Bertz CT molecular complexity index is 1290. The fourth-order valence-corrected chi connectivity index (χ4v) is 3.64. The number of aliphatic hydroxyl groups excluding tert-OH is 1. The van der Waals surface area contributed by atoms with E-state index in [1.165, 1.54) is 13.1 Å². The molecule has 0 aliphatic heterocycles. The van der Waals surface area contributed by atoms with Gasteiger partial charge < -0.3 is 20.8 Å². The largest absolute Gasteiger partial charge is 0.479 e. The molecular weight excluding hydrogens is 430 g/mol. The van der Waals surface area contributed by atoms with Crippen LogP contribution >= 0.6 is 11.6 Å². The third-order valence-electron chi connectivity index (χ3n) is 5.24. The standard InChI is InChI=1S/C23H22ClN5O3/c1-23(13-30,22(31)32)27-15-11-18-20(25-12-15)21(28-29(18)2)26-17-10-6-9-16(19(17)24)14-7-4-3-5-8-14/h3-12,27,30H,13H2,1-2H3,(H,26,28)(H,31,32). The smallest absolute Gasteiger partial charge is 0.331 e. The quantitative estimate of drug-likeness (QED) is 0.331. The second-order valence-corrected chi connectivity index (χ2v) is 8.02. The van der Waals surface area contributed by atoms with E-state index in [0.717, 1.165) is 11.1 Å². The van der Waals surface area contributed by atoms with Crippen LogP contribution in [0.3, 0.4) is 0 Å². The number of rotatable bonds is 7. The van der Waals surface area contributed by atoms with Crippen LogP contribution in [0.4, 0.5) is 17.2 Å². The lowest BCUT2D eigenvalue weighted by molar-refractivity contribution is -0.143. The highest BCUT2D eigenvalue weighted by atomic mass is 35.5. The number of aromatic nitrogens is 3. The zero-order chi connectivity index (χ0) is 22.9. The highest BCUT2D eigenvalue weighted by Gasteiger charge is 2.32. The Balaban J connectivity index is 1.68. The van der Waals surface area contributed by atoms with Crippen molar-refractivity contribution in [3.05, 3.63) is 65.8 Å². The molecular formula is C23H22ClN5O3. The molecule has 2 aromatic carbocycles. The summed E-state index contributed by atoms with van der Waals surface area (Å²) in [5.74, 6) is -0.648. The molecule has 0 amide bonds. The maximum absolute atomic E-state index is 11.5. The minimum absolute atomic E-state index is 0.454. The first-order valence-electron chi connectivity index (χ1n) is 9.88. The highest BCUT2D eigenvalue weighted by Crippen LogP contribution is 2.36. The van der Waals surface area contributed by atoms with Gasteiger partial charge in [-0.25, -0.2) is 9.78 Å². The van der Waals surface area contributed by atoms with Gasteiger partial charge in [0.2, 0.25) is 0 Å². The number of carboxylic acid groups (broad SMARTS) is 1. The third kappa shape index (κ3) is 3.98. The Kier molecular flexibility index (Phi) is 5.73. The van der Waals surface area contributed by atoms with Gasteiger partial charge in [0.25, 0.3) is 0 Å². The van der Waals surface area contributed by atoms with Crippen molar-refractivity contribution in [3.8, 4) is 11.1 Å². The van der Waals surface area contributed by atoms with E-state index in [1.54, 1.807) is 17.8 Å². The minimum Gasteiger partial charge on any atom is -0.479 e. The molecule has 9 heteroatoms. The molecule has 164 valence electrons. The number of aliphatic hydroxyl groups is 1. The average molecular weight is 452 g/mol. The minimum atomic E-state index is -1.53. The van der Waals surface area contributed by atoms with Crippen LogP contribution in [0, 0.1) is 0 Å². The number of anilines is 3. The van der Waals surface area contributed by atoms with Crippen molar-refractivity contribution in [2.45, 2.75) is 12.5 Å². The summed E-state index contributed by atoms with van der Waals surface area (Å²) in [5, 5.41) is 30.0. The van der Waals surface area contributed by atoms with Crippen molar-refractivity contribution >= 4 is 45.8 Å². The molecule has 2 aromatic heterocycles. The number of halogens is 1. The predicted octanol–water partition coefficient (Wildman–Crippen LogP) is 4.28. The normalized spacial score (nSPS) is 13.0. The predicted molar refractivity (Wildman–Crippen MR) is 125 cm³/mol. The van der Waals surface area contributed by atoms with Crippen molar-refractivity contribution in [1.29, 1.82) is 0 Å². The van der Waals surface area contributed by atoms with Crippen LogP contribution in [-0.4, -0.2) is 43.1 Å². The Morgan fingerprint density at radius 2 is 1.94 bits per heavy atom. The lowest BCUT2D eigenvalue weighted by Gasteiger charge is -2.24. The van der Waals surface area contributed by atoms with Crippen molar-refractivity contribution in [3.63, 3.8) is 0 Å². The molecule has 0 aliphatic carbocycles. The van der Waals surface area contributed by atoms with Gasteiger partial charge in [-0.05, 0) is 24.6 Å². The number of benzene rings is 2. The number of aliphatic carboxylic acids is 1. The van der Waals surface area contributed by atoms with Gasteiger partial charge in [0.1, 0.15) is 5.52 Å². The monoisotopic (exact) mass is 451 g/mol. The first-order valence-corrected chi connectivity index (χ1v) is 10.3. The van der Waals surface area contributed by atoms with E-state index in [2.05, 4.69) is 20.7 Å². The molecule has 0 aliphatic rings. The summed E-state index contributed by atoms with van der Waals surface area (Å²) in [6.45, 7) is 0.826. The Labute approximate surface area is 189 Å². The van der Waals surface area contributed by atoms with Crippen molar-refractivity contribution in [2.75, 3.05) is 17.2 Å². The summed E-state index contributed by atoms with van der Waals surface area (Å²) in [6, 6.07) is 17.3. The first-order chi connectivity index (χ1) is 15.3. The molecule has 0 bridgehead atoms. The molecule has 4 aromatic rings. The molecule has 0 radical (unpaired) electrons. The van der Waals surface area contributed by atoms with Crippen molar-refractivity contribution in [2.24, 2.45) is 7.05 Å². The molecule has 0 fully saturated rings.